The molecule has 0 atom stereocenters. The lowest BCUT2D eigenvalue weighted by atomic mass is 10.1. The lowest BCUT2D eigenvalue weighted by molar-refractivity contribution is -0.140. The first kappa shape index (κ1) is 18.2. The van der Waals surface area contributed by atoms with Crippen LogP contribution in [0.5, 0.6) is 0 Å². The van der Waals surface area contributed by atoms with Gasteiger partial charge < -0.3 is 14.4 Å². The van der Waals surface area contributed by atoms with Crippen LogP contribution in [0.1, 0.15) is 34.3 Å². The Morgan fingerprint density at radius 2 is 1.82 bits per heavy atom. The van der Waals surface area contributed by atoms with Crippen molar-refractivity contribution in [1.82, 2.24) is 4.90 Å². The summed E-state index contributed by atoms with van der Waals surface area (Å²) in [5.74, 6) is -0.382. The summed E-state index contributed by atoms with van der Waals surface area (Å²) in [6, 6.07) is 5.65. The first-order valence-corrected chi connectivity index (χ1v) is 7.42. The molecule has 0 spiro atoms. The normalized spacial score (nSPS) is 10.4. The third-order valence-corrected chi connectivity index (χ3v) is 3.63. The van der Waals surface area contributed by atoms with Crippen molar-refractivity contribution in [3.8, 4) is 0 Å². The van der Waals surface area contributed by atoms with Gasteiger partial charge in [0.2, 0.25) is 0 Å². The number of carbonyl (C=O) groups excluding carboxylic acids is 2. The molecular formula is C17H25NO4. The number of amides is 1. The minimum absolute atomic E-state index is 0.0666. The van der Waals surface area contributed by atoms with Crippen LogP contribution in [0.15, 0.2) is 18.2 Å². The van der Waals surface area contributed by atoms with Crippen LogP contribution < -0.4 is 0 Å². The number of hydrogen-bond acceptors (Lipinski definition) is 4. The number of benzene rings is 1. The molecule has 0 aliphatic rings. The topological polar surface area (TPSA) is 55.8 Å². The van der Waals surface area contributed by atoms with E-state index in [0.29, 0.717) is 25.3 Å². The quantitative estimate of drug-likeness (QED) is 0.546. The van der Waals surface area contributed by atoms with E-state index < -0.39 is 0 Å². The summed E-state index contributed by atoms with van der Waals surface area (Å²) in [5.41, 5.74) is 2.87. The molecule has 1 aromatic rings. The highest BCUT2D eigenvalue weighted by molar-refractivity contribution is 5.94. The SMILES string of the molecule is COCCCN(CCC(=O)OC)C(=O)c1ccc(C)c(C)c1. The van der Waals surface area contributed by atoms with E-state index in [-0.39, 0.29) is 18.3 Å². The zero-order valence-electron chi connectivity index (χ0n) is 13.8. The molecule has 0 heterocycles. The van der Waals surface area contributed by atoms with E-state index in [9.17, 15) is 9.59 Å². The molecule has 0 unspecified atom stereocenters. The Kier molecular flexibility index (Phi) is 7.60. The van der Waals surface area contributed by atoms with E-state index in [4.69, 9.17) is 4.74 Å². The van der Waals surface area contributed by atoms with Crippen molar-refractivity contribution in [3.05, 3.63) is 34.9 Å². The fourth-order valence-electron chi connectivity index (χ4n) is 2.10. The number of rotatable bonds is 8. The first-order valence-electron chi connectivity index (χ1n) is 7.42. The highest BCUT2D eigenvalue weighted by atomic mass is 16.5. The van der Waals surface area contributed by atoms with Crippen LogP contribution in [0, 0.1) is 13.8 Å². The zero-order valence-corrected chi connectivity index (χ0v) is 13.8. The standard InChI is InChI=1S/C17H25NO4/c1-13-6-7-15(12-14(13)2)17(20)18(9-5-11-21-3)10-8-16(19)22-4/h6-7,12H,5,8-11H2,1-4H3. The summed E-state index contributed by atoms with van der Waals surface area (Å²) in [4.78, 5) is 25.6. The average Bonchev–Trinajstić information content (AvgIpc) is 2.52. The summed E-state index contributed by atoms with van der Waals surface area (Å²) < 4.78 is 9.67. The molecule has 0 saturated carbocycles. The van der Waals surface area contributed by atoms with Gasteiger partial charge in [-0.1, -0.05) is 6.07 Å². The molecule has 0 radical (unpaired) electrons. The number of ether oxygens (including phenoxy) is 2. The number of esters is 1. The highest BCUT2D eigenvalue weighted by Gasteiger charge is 2.17. The van der Waals surface area contributed by atoms with Crippen molar-refractivity contribution >= 4 is 11.9 Å². The summed E-state index contributed by atoms with van der Waals surface area (Å²) in [7, 11) is 2.98. The van der Waals surface area contributed by atoms with E-state index in [1.807, 2.05) is 32.0 Å². The molecule has 0 aromatic heterocycles. The van der Waals surface area contributed by atoms with Gasteiger partial charge in [0.15, 0.2) is 0 Å². The average molecular weight is 307 g/mol. The van der Waals surface area contributed by atoms with Crippen LogP contribution in [0.2, 0.25) is 0 Å². The number of carbonyl (C=O) groups is 2. The lowest BCUT2D eigenvalue weighted by Crippen LogP contribution is -2.34. The second kappa shape index (κ2) is 9.20. The Morgan fingerprint density at radius 3 is 2.41 bits per heavy atom. The largest absolute Gasteiger partial charge is 0.469 e. The maximum Gasteiger partial charge on any atom is 0.307 e. The minimum atomic E-state index is -0.315. The van der Waals surface area contributed by atoms with Crippen LogP contribution in [-0.2, 0) is 14.3 Å². The van der Waals surface area contributed by atoms with Crippen molar-refractivity contribution in [2.75, 3.05) is 33.9 Å². The van der Waals surface area contributed by atoms with Crippen molar-refractivity contribution in [1.29, 1.82) is 0 Å². The Morgan fingerprint density at radius 1 is 1.09 bits per heavy atom. The molecule has 0 fully saturated rings. The fraction of sp³-hybridized carbons (Fsp3) is 0.529. The minimum Gasteiger partial charge on any atom is -0.469 e. The lowest BCUT2D eigenvalue weighted by Gasteiger charge is -2.22. The van der Waals surface area contributed by atoms with E-state index in [2.05, 4.69) is 4.74 Å². The van der Waals surface area contributed by atoms with Gasteiger partial charge in [0.1, 0.15) is 0 Å². The molecule has 1 amide bonds. The van der Waals surface area contributed by atoms with Crippen LogP contribution in [0.25, 0.3) is 0 Å². The third-order valence-electron chi connectivity index (χ3n) is 3.63. The van der Waals surface area contributed by atoms with E-state index in [1.54, 1.807) is 12.0 Å². The fourth-order valence-corrected chi connectivity index (χ4v) is 2.10. The molecule has 122 valence electrons. The highest BCUT2D eigenvalue weighted by Crippen LogP contribution is 2.13. The first-order chi connectivity index (χ1) is 10.5. The summed E-state index contributed by atoms with van der Waals surface area (Å²) in [6.45, 7) is 5.47. The maximum absolute atomic E-state index is 12.6. The van der Waals surface area contributed by atoms with Crippen molar-refractivity contribution in [2.24, 2.45) is 0 Å². The third kappa shape index (κ3) is 5.48. The van der Waals surface area contributed by atoms with Gasteiger partial charge in [-0.3, -0.25) is 9.59 Å². The summed E-state index contributed by atoms with van der Waals surface area (Å²) in [6.07, 6.45) is 0.925. The van der Waals surface area contributed by atoms with Gasteiger partial charge in [-0.05, 0) is 43.5 Å². The molecule has 22 heavy (non-hydrogen) atoms. The van der Waals surface area contributed by atoms with Crippen LogP contribution in [-0.4, -0.2) is 50.7 Å². The second-order valence-electron chi connectivity index (χ2n) is 5.26. The number of nitrogens with zero attached hydrogens (tertiary/aromatic N) is 1. The predicted octanol–water partition coefficient (Wildman–Crippen LogP) is 2.35. The molecule has 0 aliphatic heterocycles. The number of methoxy groups -OCH3 is 2. The van der Waals surface area contributed by atoms with E-state index >= 15 is 0 Å². The van der Waals surface area contributed by atoms with Gasteiger partial charge in [0, 0.05) is 32.4 Å². The Hall–Kier alpha value is -1.88. The van der Waals surface area contributed by atoms with Gasteiger partial charge in [-0.25, -0.2) is 0 Å². The molecule has 0 N–H and O–H groups in total. The second-order valence-corrected chi connectivity index (χ2v) is 5.26. The molecule has 5 nitrogen and oxygen atoms in total. The van der Waals surface area contributed by atoms with Gasteiger partial charge in [-0.15, -0.1) is 0 Å². The summed E-state index contributed by atoms with van der Waals surface area (Å²) in [5, 5.41) is 0. The van der Waals surface area contributed by atoms with Gasteiger partial charge in [0.25, 0.3) is 5.91 Å². The molecule has 1 rings (SSSR count). The predicted molar refractivity (Wildman–Crippen MR) is 84.9 cm³/mol. The van der Waals surface area contributed by atoms with E-state index in [1.165, 1.54) is 7.11 Å². The zero-order chi connectivity index (χ0) is 16.5. The number of hydrogen-bond donors (Lipinski definition) is 0. The van der Waals surface area contributed by atoms with Crippen molar-refractivity contribution in [3.63, 3.8) is 0 Å². The number of aryl methyl sites for hydroxylation is 2. The monoisotopic (exact) mass is 307 g/mol. The van der Waals surface area contributed by atoms with Gasteiger partial charge in [0.05, 0.1) is 13.5 Å². The molecule has 0 bridgehead atoms. The summed E-state index contributed by atoms with van der Waals surface area (Å²) >= 11 is 0. The van der Waals surface area contributed by atoms with Crippen molar-refractivity contribution < 1.29 is 19.1 Å². The molecule has 5 heteroatoms. The van der Waals surface area contributed by atoms with Gasteiger partial charge in [-0.2, -0.15) is 0 Å². The smallest absolute Gasteiger partial charge is 0.307 e. The molecule has 1 aromatic carbocycles. The van der Waals surface area contributed by atoms with Crippen molar-refractivity contribution in [2.45, 2.75) is 26.7 Å². The van der Waals surface area contributed by atoms with E-state index in [0.717, 1.165) is 17.5 Å². The Labute approximate surface area is 132 Å². The molecular weight excluding hydrogens is 282 g/mol. The molecule has 0 aliphatic carbocycles. The van der Waals surface area contributed by atoms with Crippen LogP contribution in [0.3, 0.4) is 0 Å². The van der Waals surface area contributed by atoms with Crippen LogP contribution >= 0.6 is 0 Å². The maximum atomic E-state index is 12.6. The molecule has 0 saturated heterocycles. The Balaban J connectivity index is 2.80. The van der Waals surface area contributed by atoms with Crippen LogP contribution in [0.4, 0.5) is 0 Å². The Bertz CT molecular complexity index is 513. The van der Waals surface area contributed by atoms with Gasteiger partial charge >= 0.3 is 5.97 Å².